The molecule has 0 bridgehead atoms. The normalized spacial score (nSPS) is 11.8. The summed E-state index contributed by atoms with van der Waals surface area (Å²) in [5, 5.41) is 12.5. The monoisotopic (exact) mass is 324 g/mol. The van der Waals surface area contributed by atoms with E-state index in [4.69, 9.17) is 5.26 Å². The van der Waals surface area contributed by atoms with Crippen LogP contribution in [0.3, 0.4) is 0 Å². The van der Waals surface area contributed by atoms with Crippen LogP contribution in [0.2, 0.25) is 0 Å². The minimum atomic E-state index is -0.754. The van der Waals surface area contributed by atoms with Crippen molar-refractivity contribution in [3.05, 3.63) is 42.1 Å². The lowest BCUT2D eigenvalue weighted by Gasteiger charge is -2.21. The van der Waals surface area contributed by atoms with E-state index < -0.39 is 17.9 Å². The number of carbonyl (C=O) groups is 2. The first kappa shape index (κ1) is 17.4. The fourth-order valence-electron chi connectivity index (χ4n) is 2.40. The molecule has 0 radical (unpaired) electrons. The average Bonchev–Trinajstić information content (AvgIpc) is 2.58. The molecule has 1 heterocycles. The third-order valence-corrected chi connectivity index (χ3v) is 3.62. The lowest BCUT2D eigenvalue weighted by Crippen LogP contribution is -2.46. The summed E-state index contributed by atoms with van der Waals surface area (Å²) in [4.78, 5) is 30.0. The van der Waals surface area contributed by atoms with Crippen molar-refractivity contribution >= 4 is 22.7 Å². The summed E-state index contributed by atoms with van der Waals surface area (Å²) in [5.41, 5.74) is 0.959. The summed E-state index contributed by atoms with van der Waals surface area (Å²) in [5.74, 6) is -0.665. The molecule has 0 fully saturated rings. The van der Waals surface area contributed by atoms with Crippen LogP contribution in [0, 0.1) is 17.4 Å². The molecule has 124 valence electrons. The number of hydrogen-bond acceptors (Lipinski definition) is 4. The van der Waals surface area contributed by atoms with Crippen LogP contribution in [-0.4, -0.2) is 34.8 Å². The SMILES string of the molecule is CC(C)C[C@@H](NC(=O)c1ccc2ccccc2n1)C(=O)N(C)C#N. The largest absolute Gasteiger partial charge is 0.339 e. The highest BCUT2D eigenvalue weighted by Gasteiger charge is 2.25. The van der Waals surface area contributed by atoms with Crippen molar-refractivity contribution in [2.45, 2.75) is 26.3 Å². The van der Waals surface area contributed by atoms with Crippen molar-refractivity contribution in [1.82, 2.24) is 15.2 Å². The zero-order valence-electron chi connectivity index (χ0n) is 14.0. The van der Waals surface area contributed by atoms with E-state index in [2.05, 4.69) is 10.3 Å². The number of nitriles is 1. The maximum absolute atomic E-state index is 12.5. The van der Waals surface area contributed by atoms with Gasteiger partial charge in [-0.25, -0.2) is 4.98 Å². The first-order valence-electron chi connectivity index (χ1n) is 7.76. The first-order valence-corrected chi connectivity index (χ1v) is 7.76. The number of nitrogens with one attached hydrogen (secondary N) is 1. The Balaban J connectivity index is 2.22. The molecule has 2 aromatic rings. The van der Waals surface area contributed by atoms with Gasteiger partial charge in [0, 0.05) is 12.4 Å². The highest BCUT2D eigenvalue weighted by atomic mass is 16.2. The number of likely N-dealkylation sites (N-methyl/N-ethyl adjacent to an activating group) is 1. The second-order valence-electron chi connectivity index (χ2n) is 6.04. The molecule has 0 unspecified atom stereocenters. The molecule has 0 saturated heterocycles. The number of pyridine rings is 1. The second-order valence-corrected chi connectivity index (χ2v) is 6.04. The minimum Gasteiger partial charge on any atom is -0.339 e. The van der Waals surface area contributed by atoms with Gasteiger partial charge in [0.15, 0.2) is 6.19 Å². The Morgan fingerprint density at radius 3 is 2.62 bits per heavy atom. The predicted molar refractivity (Wildman–Crippen MR) is 90.8 cm³/mol. The number of fused-ring (bicyclic) bond motifs is 1. The van der Waals surface area contributed by atoms with E-state index >= 15 is 0 Å². The van der Waals surface area contributed by atoms with Gasteiger partial charge in [-0.2, -0.15) is 5.26 Å². The molecular weight excluding hydrogens is 304 g/mol. The molecule has 0 aliphatic heterocycles. The van der Waals surface area contributed by atoms with Gasteiger partial charge in [-0.3, -0.25) is 14.5 Å². The maximum Gasteiger partial charge on any atom is 0.270 e. The third kappa shape index (κ3) is 4.07. The summed E-state index contributed by atoms with van der Waals surface area (Å²) in [6.07, 6.45) is 2.22. The number of benzene rings is 1. The lowest BCUT2D eigenvalue weighted by atomic mass is 10.0. The van der Waals surface area contributed by atoms with E-state index in [1.807, 2.05) is 44.2 Å². The fraction of sp³-hybridized carbons (Fsp3) is 0.333. The van der Waals surface area contributed by atoms with Crippen LogP contribution in [0.4, 0.5) is 0 Å². The Morgan fingerprint density at radius 2 is 1.96 bits per heavy atom. The Labute approximate surface area is 141 Å². The van der Waals surface area contributed by atoms with Gasteiger partial charge in [0.25, 0.3) is 11.8 Å². The van der Waals surface area contributed by atoms with Crippen LogP contribution in [0.15, 0.2) is 36.4 Å². The number of para-hydroxylation sites is 1. The highest BCUT2D eigenvalue weighted by molar-refractivity contribution is 5.98. The van der Waals surface area contributed by atoms with Gasteiger partial charge in [-0.15, -0.1) is 0 Å². The molecule has 6 nitrogen and oxygen atoms in total. The van der Waals surface area contributed by atoms with Crippen molar-refractivity contribution in [2.24, 2.45) is 5.92 Å². The maximum atomic E-state index is 12.5. The van der Waals surface area contributed by atoms with E-state index in [1.54, 1.807) is 12.3 Å². The predicted octanol–water partition coefficient (Wildman–Crippen LogP) is 2.32. The Bertz CT molecular complexity index is 795. The van der Waals surface area contributed by atoms with Gasteiger partial charge in [-0.05, 0) is 24.5 Å². The van der Waals surface area contributed by atoms with Gasteiger partial charge < -0.3 is 5.32 Å². The van der Waals surface area contributed by atoms with E-state index in [-0.39, 0.29) is 11.6 Å². The molecule has 6 heteroatoms. The number of amides is 2. The molecule has 0 aliphatic carbocycles. The van der Waals surface area contributed by atoms with Gasteiger partial charge in [0.2, 0.25) is 0 Å². The van der Waals surface area contributed by atoms with Gasteiger partial charge in [-0.1, -0.05) is 38.1 Å². The number of aromatic nitrogens is 1. The smallest absolute Gasteiger partial charge is 0.270 e. The number of rotatable bonds is 5. The van der Waals surface area contributed by atoms with E-state index in [0.29, 0.717) is 11.9 Å². The fourth-order valence-corrected chi connectivity index (χ4v) is 2.40. The number of nitrogens with zero attached hydrogens (tertiary/aromatic N) is 3. The quantitative estimate of drug-likeness (QED) is 0.675. The van der Waals surface area contributed by atoms with E-state index in [0.717, 1.165) is 10.3 Å². The van der Waals surface area contributed by atoms with E-state index in [9.17, 15) is 9.59 Å². The van der Waals surface area contributed by atoms with Crippen LogP contribution < -0.4 is 5.32 Å². The zero-order chi connectivity index (χ0) is 17.7. The Hall–Kier alpha value is -2.94. The average molecular weight is 324 g/mol. The van der Waals surface area contributed by atoms with Crippen molar-refractivity contribution < 1.29 is 9.59 Å². The lowest BCUT2D eigenvalue weighted by molar-refractivity contribution is -0.129. The topological polar surface area (TPSA) is 86.1 Å². The second kappa shape index (κ2) is 7.55. The molecule has 2 rings (SSSR count). The Kier molecular flexibility index (Phi) is 5.48. The molecule has 1 aromatic carbocycles. The molecule has 0 aliphatic rings. The standard InChI is InChI=1S/C18H20N4O2/c1-12(2)10-16(18(24)22(3)11-19)21-17(23)15-9-8-13-6-4-5-7-14(13)20-15/h4-9,12,16H,10H2,1-3H3,(H,21,23)/t16-/m1/s1. The Morgan fingerprint density at radius 1 is 1.25 bits per heavy atom. The molecule has 2 amide bonds. The van der Waals surface area contributed by atoms with Crippen LogP contribution in [0.25, 0.3) is 10.9 Å². The summed E-state index contributed by atoms with van der Waals surface area (Å²) in [6, 6.07) is 10.2. The molecular formula is C18H20N4O2. The molecule has 1 N–H and O–H groups in total. The molecule has 1 atom stereocenters. The molecule has 0 spiro atoms. The minimum absolute atomic E-state index is 0.191. The zero-order valence-corrected chi connectivity index (χ0v) is 14.0. The van der Waals surface area contributed by atoms with Gasteiger partial charge in [0.05, 0.1) is 5.52 Å². The summed E-state index contributed by atoms with van der Waals surface area (Å²) in [6.45, 7) is 3.90. The van der Waals surface area contributed by atoms with Crippen LogP contribution in [-0.2, 0) is 4.79 Å². The van der Waals surface area contributed by atoms with Crippen LogP contribution in [0.5, 0.6) is 0 Å². The number of hydrogen-bond donors (Lipinski definition) is 1. The molecule has 24 heavy (non-hydrogen) atoms. The van der Waals surface area contributed by atoms with Crippen molar-refractivity contribution in [1.29, 1.82) is 5.26 Å². The van der Waals surface area contributed by atoms with Crippen molar-refractivity contribution in [3.63, 3.8) is 0 Å². The third-order valence-electron chi connectivity index (χ3n) is 3.62. The van der Waals surface area contributed by atoms with Gasteiger partial charge in [0.1, 0.15) is 11.7 Å². The van der Waals surface area contributed by atoms with Crippen LogP contribution in [0.1, 0.15) is 30.8 Å². The molecule has 1 aromatic heterocycles. The van der Waals surface area contributed by atoms with Gasteiger partial charge >= 0.3 is 0 Å². The first-order chi connectivity index (χ1) is 11.4. The summed E-state index contributed by atoms with van der Waals surface area (Å²) >= 11 is 0. The van der Waals surface area contributed by atoms with E-state index in [1.165, 1.54) is 7.05 Å². The number of carbonyl (C=O) groups excluding carboxylic acids is 2. The summed E-state index contributed by atoms with van der Waals surface area (Å²) < 4.78 is 0. The summed E-state index contributed by atoms with van der Waals surface area (Å²) in [7, 11) is 1.39. The molecule has 0 saturated carbocycles. The van der Waals surface area contributed by atoms with Crippen molar-refractivity contribution in [2.75, 3.05) is 7.05 Å². The van der Waals surface area contributed by atoms with Crippen LogP contribution >= 0.6 is 0 Å². The van der Waals surface area contributed by atoms with Crippen molar-refractivity contribution in [3.8, 4) is 6.19 Å². The highest BCUT2D eigenvalue weighted by Crippen LogP contribution is 2.13.